The van der Waals surface area contributed by atoms with Gasteiger partial charge in [0.1, 0.15) is 11.1 Å². The lowest BCUT2D eigenvalue weighted by atomic mass is 9.89. The molecule has 0 unspecified atom stereocenters. The molecule has 1 N–H and O–H groups in total. The number of methoxy groups -OCH3 is 3. The van der Waals surface area contributed by atoms with E-state index in [9.17, 15) is 5.11 Å². The van der Waals surface area contributed by atoms with Gasteiger partial charge in [0.25, 0.3) is 0 Å². The Kier molecular flexibility index (Phi) is 6.58. The Labute approximate surface area is 182 Å². The van der Waals surface area contributed by atoms with Crippen LogP contribution < -0.4 is 19.6 Å². The van der Waals surface area contributed by atoms with E-state index >= 15 is 0 Å². The fourth-order valence-corrected chi connectivity index (χ4v) is 4.22. The second-order valence-electron chi connectivity index (χ2n) is 7.09. The molecule has 1 aromatic rings. The smallest absolute Gasteiger partial charge is 0.161 e. The molecule has 0 spiro atoms. The number of pyridine rings is 1. The number of aryl methyl sites for hydroxylation is 2. The van der Waals surface area contributed by atoms with Gasteiger partial charge in [0.05, 0.1) is 40.2 Å². The van der Waals surface area contributed by atoms with Crippen LogP contribution in [0.25, 0.3) is 22.4 Å². The normalized spacial score (nSPS) is 12.8. The molecule has 0 saturated carbocycles. The van der Waals surface area contributed by atoms with E-state index < -0.39 is 0 Å². The maximum absolute atomic E-state index is 9.25. The predicted octanol–water partition coefficient (Wildman–Crippen LogP) is 3.47. The first-order valence-electron chi connectivity index (χ1n) is 9.70. The number of hydrogen-bond acceptors (Lipinski definition) is 5. The molecular formula is C23H27ClN2O4. The highest BCUT2D eigenvalue weighted by atomic mass is 35.5. The van der Waals surface area contributed by atoms with Crippen LogP contribution in [-0.4, -0.2) is 44.2 Å². The first-order valence-corrected chi connectivity index (χ1v) is 9.70. The zero-order valence-corrected chi connectivity index (χ0v) is 18.5. The molecule has 0 amide bonds. The molecule has 30 heavy (non-hydrogen) atoms. The Bertz CT molecular complexity index is 1110. The van der Waals surface area contributed by atoms with Crippen molar-refractivity contribution in [3.05, 3.63) is 46.9 Å². The van der Waals surface area contributed by atoms with E-state index in [4.69, 9.17) is 14.2 Å². The summed E-state index contributed by atoms with van der Waals surface area (Å²) in [6.45, 7) is 3.36. The molecule has 7 heteroatoms. The van der Waals surface area contributed by atoms with Crippen LogP contribution in [-0.2, 0) is 13.0 Å². The summed E-state index contributed by atoms with van der Waals surface area (Å²) in [4.78, 5) is 4.58. The first-order chi connectivity index (χ1) is 14.1. The van der Waals surface area contributed by atoms with Crippen LogP contribution in [0.15, 0.2) is 35.5 Å². The molecule has 0 saturated heterocycles. The summed E-state index contributed by atoms with van der Waals surface area (Å²) in [6.07, 6.45) is 3.06. The van der Waals surface area contributed by atoms with Crippen LogP contribution in [0.5, 0.6) is 17.2 Å². The van der Waals surface area contributed by atoms with Gasteiger partial charge in [-0.05, 0) is 48.2 Å². The Hall–Kier alpha value is -2.70. The van der Waals surface area contributed by atoms with Crippen LogP contribution in [0.2, 0.25) is 0 Å². The van der Waals surface area contributed by atoms with Crippen molar-refractivity contribution in [2.45, 2.75) is 19.9 Å². The highest BCUT2D eigenvalue weighted by molar-refractivity contribution is 5.85. The molecule has 4 rings (SSSR count). The molecule has 0 aromatic heterocycles. The third-order valence-electron chi connectivity index (χ3n) is 5.59. The van der Waals surface area contributed by atoms with E-state index in [0.717, 1.165) is 46.5 Å². The number of hydrogen-bond donors (Lipinski definition) is 1. The van der Waals surface area contributed by atoms with E-state index in [1.54, 1.807) is 21.3 Å². The van der Waals surface area contributed by atoms with Crippen LogP contribution >= 0.6 is 12.4 Å². The largest absolute Gasteiger partial charge is 0.494 e. The van der Waals surface area contributed by atoms with Gasteiger partial charge >= 0.3 is 0 Å². The fraction of sp³-hybridized carbons (Fsp3) is 0.348. The number of benzene rings is 2. The van der Waals surface area contributed by atoms with Crippen molar-refractivity contribution in [3.8, 4) is 39.6 Å². The van der Waals surface area contributed by atoms with Gasteiger partial charge in [0, 0.05) is 23.9 Å². The third-order valence-corrected chi connectivity index (χ3v) is 5.59. The topological polar surface area (TPSA) is 65.2 Å². The van der Waals surface area contributed by atoms with Crippen LogP contribution in [0, 0.1) is 6.92 Å². The van der Waals surface area contributed by atoms with Crippen LogP contribution in [0.1, 0.15) is 11.1 Å². The van der Waals surface area contributed by atoms with Gasteiger partial charge in [-0.2, -0.15) is 0 Å². The fourth-order valence-electron chi connectivity index (χ4n) is 4.22. The van der Waals surface area contributed by atoms with Crippen molar-refractivity contribution in [2.24, 2.45) is 4.99 Å². The average molecular weight is 431 g/mol. The van der Waals surface area contributed by atoms with Crippen LogP contribution in [0.3, 0.4) is 0 Å². The number of halogens is 1. The summed E-state index contributed by atoms with van der Waals surface area (Å²) in [5.74, 6) is 2.20. The van der Waals surface area contributed by atoms with Gasteiger partial charge in [0.2, 0.25) is 0 Å². The minimum atomic E-state index is 0. The van der Waals surface area contributed by atoms with E-state index in [2.05, 4.69) is 40.9 Å². The number of aliphatic hydroxyl groups is 1. The molecule has 0 radical (unpaired) electrons. The molecule has 1 aromatic carbocycles. The Morgan fingerprint density at radius 3 is 2.33 bits per heavy atom. The number of ether oxygens (including phenoxy) is 3. The first kappa shape index (κ1) is 22.0. The van der Waals surface area contributed by atoms with Gasteiger partial charge in [-0.15, -0.1) is 12.4 Å². The van der Waals surface area contributed by atoms with Crippen molar-refractivity contribution in [2.75, 3.05) is 34.5 Å². The van der Waals surface area contributed by atoms with Crippen LogP contribution in [0.4, 0.5) is 0 Å². The number of aromatic nitrogens is 1. The SMILES string of the molecule is COc1cc2c(cc1OC)-c1c(C)c3ccc(OC)c(=NCCO)c-3cn1CC2.Cl. The molecule has 0 fully saturated rings. The molecule has 2 heterocycles. The second kappa shape index (κ2) is 8.98. The maximum atomic E-state index is 9.25. The lowest BCUT2D eigenvalue weighted by Gasteiger charge is -2.28. The van der Waals surface area contributed by atoms with E-state index in [0.29, 0.717) is 12.3 Å². The molecular weight excluding hydrogens is 404 g/mol. The monoisotopic (exact) mass is 430 g/mol. The third kappa shape index (κ3) is 3.50. The van der Waals surface area contributed by atoms with Crippen molar-refractivity contribution < 1.29 is 19.3 Å². The van der Waals surface area contributed by atoms with Crippen molar-refractivity contribution in [1.29, 1.82) is 0 Å². The minimum absolute atomic E-state index is 0. The highest BCUT2D eigenvalue weighted by Crippen LogP contribution is 2.42. The van der Waals surface area contributed by atoms with Gasteiger partial charge in [-0.1, -0.05) is 6.07 Å². The van der Waals surface area contributed by atoms with Gasteiger partial charge in [-0.25, -0.2) is 0 Å². The number of rotatable bonds is 5. The Morgan fingerprint density at radius 1 is 0.967 bits per heavy atom. The van der Waals surface area contributed by atoms with Gasteiger partial charge in [0.15, 0.2) is 11.5 Å². The molecule has 3 aliphatic rings. The maximum Gasteiger partial charge on any atom is 0.161 e. The number of nitrogens with zero attached hydrogens (tertiary/aromatic N) is 2. The van der Waals surface area contributed by atoms with Crippen molar-refractivity contribution in [3.63, 3.8) is 0 Å². The zero-order valence-electron chi connectivity index (χ0n) is 17.7. The molecule has 2 aliphatic heterocycles. The summed E-state index contributed by atoms with van der Waals surface area (Å²) in [5, 5.41) is 10.0. The predicted molar refractivity (Wildman–Crippen MR) is 119 cm³/mol. The molecule has 0 atom stereocenters. The summed E-state index contributed by atoms with van der Waals surface area (Å²) in [6, 6.07) is 8.17. The molecule has 160 valence electrons. The molecule has 1 aliphatic carbocycles. The molecule has 6 nitrogen and oxygen atoms in total. The minimum Gasteiger partial charge on any atom is -0.494 e. The Morgan fingerprint density at radius 2 is 1.67 bits per heavy atom. The number of fused-ring (bicyclic) bond motifs is 4. The summed E-state index contributed by atoms with van der Waals surface area (Å²) in [7, 11) is 4.97. The summed E-state index contributed by atoms with van der Waals surface area (Å²) < 4.78 is 18.9. The Balaban J connectivity index is 0.00000256. The van der Waals surface area contributed by atoms with Crippen molar-refractivity contribution in [1.82, 2.24) is 4.57 Å². The van der Waals surface area contributed by atoms with E-state index in [1.807, 2.05) is 6.07 Å². The van der Waals surface area contributed by atoms with Crippen molar-refractivity contribution >= 4 is 12.4 Å². The standard InChI is InChI=1S/C23H26N2O4.ClH/c1-14-16-5-6-19(27-2)22(24-8-10-26)18(16)13-25-9-7-15-11-20(28-3)21(29-4)12-17(15)23(14)25;/h5-6,11-13,26H,7-10H2,1-4H3;1H. The quantitative estimate of drug-likeness (QED) is 0.673. The van der Waals surface area contributed by atoms with Gasteiger partial charge in [-0.3, -0.25) is 4.99 Å². The molecule has 0 bridgehead atoms. The summed E-state index contributed by atoms with van der Waals surface area (Å²) >= 11 is 0. The number of aliphatic hydroxyl groups excluding tert-OH is 1. The average Bonchev–Trinajstić information content (AvgIpc) is 2.76. The van der Waals surface area contributed by atoms with E-state index in [1.165, 1.54) is 16.8 Å². The second-order valence-corrected chi connectivity index (χ2v) is 7.09. The lowest BCUT2D eigenvalue weighted by Crippen LogP contribution is -2.20. The summed E-state index contributed by atoms with van der Waals surface area (Å²) in [5.41, 5.74) is 6.93. The zero-order chi connectivity index (χ0) is 20.5. The van der Waals surface area contributed by atoms with Gasteiger partial charge < -0.3 is 23.9 Å². The van der Waals surface area contributed by atoms with E-state index in [-0.39, 0.29) is 19.0 Å². The highest BCUT2D eigenvalue weighted by Gasteiger charge is 2.24. The lowest BCUT2D eigenvalue weighted by molar-refractivity contribution is 0.305.